The highest BCUT2D eigenvalue weighted by molar-refractivity contribution is 8.00. The van der Waals surface area contributed by atoms with Gasteiger partial charge in [0.05, 0.1) is 16.4 Å². The number of hydrogen-bond donors (Lipinski definition) is 2. The molecule has 1 aliphatic carbocycles. The lowest BCUT2D eigenvalue weighted by molar-refractivity contribution is -0.122. The van der Waals surface area contributed by atoms with Crippen molar-refractivity contribution in [2.45, 2.75) is 29.3 Å². The average Bonchev–Trinajstić information content (AvgIpc) is 3.50. The van der Waals surface area contributed by atoms with Gasteiger partial charge in [-0.25, -0.2) is 4.39 Å². The molecule has 0 aromatic heterocycles. The predicted molar refractivity (Wildman–Crippen MR) is 123 cm³/mol. The minimum Gasteiger partial charge on any atom is -0.326 e. The van der Waals surface area contributed by atoms with Crippen molar-refractivity contribution >= 4 is 40.6 Å². The van der Waals surface area contributed by atoms with Crippen molar-refractivity contribution in [2.75, 3.05) is 4.90 Å². The summed E-state index contributed by atoms with van der Waals surface area (Å²) in [7, 11) is 0. The molecule has 0 saturated heterocycles. The lowest BCUT2D eigenvalue weighted by Gasteiger charge is -2.30. The second-order valence-electron chi connectivity index (χ2n) is 7.77. The smallest absolute Gasteiger partial charge is 0.226 e. The number of para-hydroxylation sites is 2. The van der Waals surface area contributed by atoms with Gasteiger partial charge >= 0.3 is 0 Å². The largest absolute Gasteiger partial charge is 0.326 e. The molecule has 3 N–H and O–H groups in total. The third-order valence-electron chi connectivity index (χ3n) is 5.82. The number of anilines is 2. The Bertz CT molecular complexity index is 1140. The molecule has 1 saturated carbocycles. The summed E-state index contributed by atoms with van der Waals surface area (Å²) >= 11 is 8.18. The van der Waals surface area contributed by atoms with Gasteiger partial charge in [0, 0.05) is 17.4 Å². The molecule has 1 heterocycles. The van der Waals surface area contributed by atoms with Crippen LogP contribution in [0, 0.1) is 11.7 Å². The van der Waals surface area contributed by atoms with E-state index in [-0.39, 0.29) is 29.1 Å². The number of carbonyl (C=O) groups excluding carboxylic acids is 1. The quantitative estimate of drug-likeness (QED) is 0.544. The SMILES string of the molecule is NCc1cccc(Cl)c1N1c2ccccc2SC1NC(=O)C1CC1c1ccc(F)cc1. The number of benzene rings is 3. The Kier molecular flexibility index (Phi) is 5.38. The molecule has 2 aliphatic rings. The van der Waals surface area contributed by atoms with Crippen LogP contribution in [0.3, 0.4) is 0 Å². The number of rotatable bonds is 5. The maximum absolute atomic E-state index is 13.2. The van der Waals surface area contributed by atoms with Crippen molar-refractivity contribution in [1.29, 1.82) is 0 Å². The van der Waals surface area contributed by atoms with Crippen LogP contribution < -0.4 is 16.0 Å². The van der Waals surface area contributed by atoms with Crippen LogP contribution >= 0.6 is 23.4 Å². The fourth-order valence-corrected chi connectivity index (χ4v) is 5.64. The minimum absolute atomic E-state index is 0.00835. The molecule has 5 rings (SSSR count). The van der Waals surface area contributed by atoms with Gasteiger partial charge in [0.2, 0.25) is 5.91 Å². The predicted octanol–water partition coefficient (Wildman–Crippen LogP) is 5.39. The molecule has 3 atom stereocenters. The second kappa shape index (κ2) is 8.19. The maximum Gasteiger partial charge on any atom is 0.226 e. The Morgan fingerprint density at radius 2 is 1.90 bits per heavy atom. The van der Waals surface area contributed by atoms with Crippen molar-refractivity contribution in [3.63, 3.8) is 0 Å². The summed E-state index contributed by atoms with van der Waals surface area (Å²) in [5.74, 6) is -0.262. The van der Waals surface area contributed by atoms with Gasteiger partial charge in [-0.05, 0) is 53.8 Å². The Balaban J connectivity index is 1.41. The number of amides is 1. The zero-order valence-electron chi connectivity index (χ0n) is 16.6. The molecule has 158 valence electrons. The van der Waals surface area contributed by atoms with Crippen molar-refractivity contribution < 1.29 is 9.18 Å². The molecule has 3 aromatic rings. The Hall–Kier alpha value is -2.54. The van der Waals surface area contributed by atoms with Crippen LogP contribution in [-0.2, 0) is 11.3 Å². The molecular formula is C24H21ClFN3OS. The van der Waals surface area contributed by atoms with Gasteiger partial charge in [0.1, 0.15) is 5.82 Å². The maximum atomic E-state index is 13.2. The van der Waals surface area contributed by atoms with E-state index >= 15 is 0 Å². The Labute approximate surface area is 189 Å². The number of halogens is 2. The van der Waals surface area contributed by atoms with E-state index in [1.54, 1.807) is 23.9 Å². The van der Waals surface area contributed by atoms with E-state index in [4.69, 9.17) is 17.3 Å². The van der Waals surface area contributed by atoms with E-state index in [1.165, 1.54) is 12.1 Å². The summed E-state index contributed by atoms with van der Waals surface area (Å²) < 4.78 is 13.2. The highest BCUT2D eigenvalue weighted by Crippen LogP contribution is 2.51. The van der Waals surface area contributed by atoms with E-state index in [0.29, 0.717) is 11.6 Å². The third kappa shape index (κ3) is 3.80. The van der Waals surface area contributed by atoms with Crippen molar-refractivity contribution in [2.24, 2.45) is 11.7 Å². The van der Waals surface area contributed by atoms with E-state index in [9.17, 15) is 9.18 Å². The number of nitrogens with zero attached hydrogens (tertiary/aromatic N) is 1. The molecule has 0 bridgehead atoms. The van der Waals surface area contributed by atoms with E-state index in [1.807, 2.05) is 42.5 Å². The Morgan fingerprint density at radius 1 is 1.13 bits per heavy atom. The molecule has 1 amide bonds. The van der Waals surface area contributed by atoms with Crippen LogP contribution in [0.5, 0.6) is 0 Å². The van der Waals surface area contributed by atoms with Gasteiger partial charge in [-0.15, -0.1) is 0 Å². The second-order valence-corrected chi connectivity index (χ2v) is 9.30. The molecule has 3 unspecified atom stereocenters. The number of fused-ring (bicyclic) bond motifs is 1. The highest BCUT2D eigenvalue weighted by atomic mass is 35.5. The molecule has 0 radical (unpaired) electrons. The fraction of sp³-hybridized carbons (Fsp3) is 0.208. The summed E-state index contributed by atoms with van der Waals surface area (Å²) in [6.07, 6.45) is 0.766. The van der Waals surface area contributed by atoms with E-state index in [0.717, 1.165) is 33.8 Å². The van der Waals surface area contributed by atoms with Crippen molar-refractivity contribution in [3.8, 4) is 0 Å². The van der Waals surface area contributed by atoms with Gasteiger partial charge in [-0.2, -0.15) is 0 Å². The van der Waals surface area contributed by atoms with Gasteiger partial charge in [0.15, 0.2) is 5.50 Å². The summed E-state index contributed by atoms with van der Waals surface area (Å²) in [4.78, 5) is 16.2. The molecule has 0 spiro atoms. The van der Waals surface area contributed by atoms with Crippen LogP contribution in [-0.4, -0.2) is 11.4 Å². The first kappa shape index (κ1) is 20.4. The normalized spacial score (nSPS) is 21.6. The first-order valence-corrected chi connectivity index (χ1v) is 11.4. The first-order chi connectivity index (χ1) is 15.1. The molecule has 7 heteroatoms. The minimum atomic E-state index is -0.329. The van der Waals surface area contributed by atoms with E-state index < -0.39 is 0 Å². The highest BCUT2D eigenvalue weighted by Gasteiger charge is 2.46. The van der Waals surface area contributed by atoms with Gasteiger partial charge in [-0.3, -0.25) is 4.79 Å². The van der Waals surface area contributed by atoms with Crippen molar-refractivity contribution in [3.05, 3.63) is 88.7 Å². The fourth-order valence-electron chi connectivity index (χ4n) is 4.17. The lowest BCUT2D eigenvalue weighted by atomic mass is 10.1. The van der Waals surface area contributed by atoms with Crippen LogP contribution in [0.15, 0.2) is 71.6 Å². The summed E-state index contributed by atoms with van der Waals surface area (Å²) in [5.41, 5.74) is 9.40. The Morgan fingerprint density at radius 3 is 2.68 bits per heavy atom. The van der Waals surface area contributed by atoms with Crippen molar-refractivity contribution in [1.82, 2.24) is 5.32 Å². The summed E-state index contributed by atoms with van der Waals surface area (Å²) in [5, 5.41) is 3.80. The molecule has 31 heavy (non-hydrogen) atoms. The number of nitrogens with one attached hydrogen (secondary N) is 1. The number of hydrogen-bond acceptors (Lipinski definition) is 4. The zero-order valence-corrected chi connectivity index (χ0v) is 18.2. The topological polar surface area (TPSA) is 58.4 Å². The standard InChI is InChI=1S/C24H21ClFN3OS/c25-19-5-3-4-15(13-27)22(19)29-20-6-1-2-7-21(20)31-24(29)28-23(30)18-12-17(18)14-8-10-16(26)11-9-14/h1-11,17-18,24H,12-13,27H2,(H,28,30). The van der Waals surface area contributed by atoms with Crippen LogP contribution in [0.25, 0.3) is 0 Å². The first-order valence-electron chi connectivity index (χ1n) is 10.1. The molecule has 4 nitrogen and oxygen atoms in total. The number of nitrogens with two attached hydrogens (primary N) is 1. The average molecular weight is 454 g/mol. The lowest BCUT2D eigenvalue weighted by Crippen LogP contribution is -2.42. The number of carbonyl (C=O) groups is 1. The number of thioether (sulfide) groups is 1. The zero-order chi connectivity index (χ0) is 21.5. The molecule has 3 aromatic carbocycles. The van der Waals surface area contributed by atoms with Crippen LogP contribution in [0.4, 0.5) is 15.8 Å². The molecule has 1 aliphatic heterocycles. The summed E-state index contributed by atoms with van der Waals surface area (Å²) in [6.45, 7) is 0.342. The third-order valence-corrected chi connectivity index (χ3v) is 7.28. The van der Waals surface area contributed by atoms with Crippen LogP contribution in [0.2, 0.25) is 5.02 Å². The summed E-state index contributed by atoms with van der Waals surface area (Å²) in [6, 6.07) is 20.1. The van der Waals surface area contributed by atoms with Gasteiger partial charge < -0.3 is 16.0 Å². The van der Waals surface area contributed by atoms with E-state index in [2.05, 4.69) is 10.2 Å². The molecule has 1 fully saturated rings. The monoisotopic (exact) mass is 453 g/mol. The van der Waals surface area contributed by atoms with Gasteiger partial charge in [-0.1, -0.05) is 59.8 Å². The van der Waals surface area contributed by atoms with Crippen LogP contribution in [0.1, 0.15) is 23.5 Å². The van der Waals surface area contributed by atoms with Gasteiger partial charge in [0.25, 0.3) is 0 Å². The molecular weight excluding hydrogens is 433 g/mol.